The first kappa shape index (κ1) is 13.5. The van der Waals surface area contributed by atoms with E-state index in [1.54, 1.807) is 0 Å². The van der Waals surface area contributed by atoms with Crippen molar-refractivity contribution in [2.45, 2.75) is 43.7 Å². The van der Waals surface area contributed by atoms with E-state index in [4.69, 9.17) is 0 Å². The van der Waals surface area contributed by atoms with Gasteiger partial charge in [0.25, 0.3) is 10.0 Å². The minimum absolute atomic E-state index is 0.152. The zero-order valence-corrected chi connectivity index (χ0v) is 11.4. The number of aromatic nitrogens is 2. The van der Waals surface area contributed by atoms with Crippen LogP contribution in [0.4, 0.5) is 0 Å². The van der Waals surface area contributed by atoms with E-state index in [0.29, 0.717) is 24.8 Å². The van der Waals surface area contributed by atoms with E-state index < -0.39 is 10.0 Å². The molecule has 18 heavy (non-hydrogen) atoms. The lowest BCUT2D eigenvalue weighted by Crippen LogP contribution is -2.30. The highest BCUT2D eigenvalue weighted by molar-refractivity contribution is 7.89. The third kappa shape index (κ3) is 3.30. The van der Waals surface area contributed by atoms with Crippen LogP contribution >= 0.6 is 0 Å². The molecular formula is C11H20N4O2S. The summed E-state index contributed by atoms with van der Waals surface area (Å²) in [6.45, 7) is 3.42. The fourth-order valence-corrected chi connectivity index (χ4v) is 3.09. The molecule has 1 aromatic rings. The number of imidazole rings is 1. The molecule has 1 saturated heterocycles. The van der Waals surface area contributed by atoms with Gasteiger partial charge in [0.2, 0.25) is 0 Å². The van der Waals surface area contributed by atoms with Crippen molar-refractivity contribution in [3.63, 3.8) is 0 Å². The van der Waals surface area contributed by atoms with Gasteiger partial charge in [0.15, 0.2) is 5.03 Å². The van der Waals surface area contributed by atoms with Gasteiger partial charge in [0, 0.05) is 19.0 Å². The first-order chi connectivity index (χ1) is 8.62. The van der Waals surface area contributed by atoms with E-state index in [2.05, 4.69) is 20.0 Å². The Hall–Kier alpha value is -0.920. The lowest BCUT2D eigenvalue weighted by molar-refractivity contribution is 0.538. The molecular weight excluding hydrogens is 252 g/mol. The maximum atomic E-state index is 11.9. The summed E-state index contributed by atoms with van der Waals surface area (Å²) in [5, 5.41) is 3.49. The van der Waals surface area contributed by atoms with Gasteiger partial charge in [-0.1, -0.05) is 6.92 Å². The normalized spacial score (nSPS) is 20.4. The standard InChI is InChI=1S/C11H20N4O2S/c1-2-10-13-8-11(15-10)18(16,17)14-7-5-9-4-3-6-12-9/h8-9,12,14H,2-7H2,1H3,(H,13,15). The molecule has 6 nitrogen and oxygen atoms in total. The van der Waals surface area contributed by atoms with Crippen LogP contribution in [-0.2, 0) is 16.4 Å². The average molecular weight is 272 g/mol. The van der Waals surface area contributed by atoms with Gasteiger partial charge in [-0.25, -0.2) is 18.1 Å². The molecule has 0 aromatic carbocycles. The van der Waals surface area contributed by atoms with Crippen molar-refractivity contribution < 1.29 is 8.42 Å². The molecule has 1 fully saturated rings. The van der Waals surface area contributed by atoms with Crippen LogP contribution in [0.2, 0.25) is 0 Å². The molecule has 0 radical (unpaired) electrons. The van der Waals surface area contributed by atoms with Gasteiger partial charge >= 0.3 is 0 Å². The largest absolute Gasteiger partial charge is 0.332 e. The summed E-state index contributed by atoms with van der Waals surface area (Å²) in [5.74, 6) is 0.688. The highest BCUT2D eigenvalue weighted by Gasteiger charge is 2.18. The molecule has 0 aliphatic carbocycles. The molecule has 102 valence electrons. The third-order valence-electron chi connectivity index (χ3n) is 3.18. The molecule has 0 amide bonds. The summed E-state index contributed by atoms with van der Waals surface area (Å²) in [5.41, 5.74) is 0. The van der Waals surface area contributed by atoms with Gasteiger partial charge < -0.3 is 10.3 Å². The highest BCUT2D eigenvalue weighted by atomic mass is 32.2. The van der Waals surface area contributed by atoms with E-state index in [1.807, 2.05) is 6.92 Å². The second kappa shape index (κ2) is 5.81. The van der Waals surface area contributed by atoms with Crippen molar-refractivity contribution in [2.24, 2.45) is 0 Å². The number of hydrogen-bond donors (Lipinski definition) is 3. The first-order valence-corrected chi connectivity index (χ1v) is 7.87. The van der Waals surface area contributed by atoms with Crippen molar-refractivity contribution in [3.8, 4) is 0 Å². The minimum atomic E-state index is -3.44. The second-order valence-electron chi connectivity index (χ2n) is 4.53. The predicted octanol–water partition coefficient (Wildman–Crippen LogP) is 0.393. The van der Waals surface area contributed by atoms with Crippen molar-refractivity contribution in [2.75, 3.05) is 13.1 Å². The van der Waals surface area contributed by atoms with E-state index in [0.717, 1.165) is 19.4 Å². The summed E-state index contributed by atoms with van der Waals surface area (Å²) in [4.78, 5) is 6.80. The third-order valence-corrected chi connectivity index (χ3v) is 4.55. The molecule has 1 atom stereocenters. The SMILES string of the molecule is CCc1ncc(S(=O)(=O)NCCC2CCCN2)[nH]1. The number of H-pyrrole nitrogens is 1. The molecule has 1 aliphatic rings. The topological polar surface area (TPSA) is 86.9 Å². The monoisotopic (exact) mass is 272 g/mol. The Morgan fingerprint density at radius 3 is 3.00 bits per heavy atom. The molecule has 1 aromatic heterocycles. The van der Waals surface area contributed by atoms with E-state index >= 15 is 0 Å². The van der Waals surface area contributed by atoms with Crippen LogP contribution in [0.1, 0.15) is 32.0 Å². The number of nitrogens with zero attached hydrogens (tertiary/aromatic N) is 1. The molecule has 1 unspecified atom stereocenters. The van der Waals surface area contributed by atoms with E-state index in [1.165, 1.54) is 12.6 Å². The highest BCUT2D eigenvalue weighted by Crippen LogP contribution is 2.09. The Labute approximate surface area is 108 Å². The number of hydrogen-bond acceptors (Lipinski definition) is 4. The second-order valence-corrected chi connectivity index (χ2v) is 6.26. The van der Waals surface area contributed by atoms with Crippen LogP contribution in [0, 0.1) is 0 Å². The summed E-state index contributed by atoms with van der Waals surface area (Å²) in [7, 11) is -3.44. The summed E-state index contributed by atoms with van der Waals surface area (Å²) < 4.78 is 26.5. The smallest absolute Gasteiger partial charge is 0.257 e. The Bertz CT molecular complexity index is 477. The quantitative estimate of drug-likeness (QED) is 0.699. The number of rotatable bonds is 6. The van der Waals surface area contributed by atoms with Crippen LogP contribution < -0.4 is 10.0 Å². The number of aryl methyl sites for hydroxylation is 1. The van der Waals surface area contributed by atoms with Crippen LogP contribution in [0.15, 0.2) is 11.2 Å². The van der Waals surface area contributed by atoms with Gasteiger partial charge in [-0.15, -0.1) is 0 Å². The summed E-state index contributed by atoms with van der Waals surface area (Å²) in [6.07, 6.45) is 5.20. The Kier molecular flexibility index (Phi) is 4.36. The van der Waals surface area contributed by atoms with Crippen LogP contribution in [0.3, 0.4) is 0 Å². The molecule has 7 heteroatoms. The van der Waals surface area contributed by atoms with Crippen LogP contribution in [0.5, 0.6) is 0 Å². The molecule has 0 bridgehead atoms. The maximum Gasteiger partial charge on any atom is 0.257 e. The van der Waals surface area contributed by atoms with E-state index in [-0.39, 0.29) is 5.03 Å². The Balaban J connectivity index is 1.86. The van der Waals surface area contributed by atoms with Crippen molar-refractivity contribution in [1.29, 1.82) is 0 Å². The molecule has 1 aliphatic heterocycles. The Morgan fingerprint density at radius 1 is 1.56 bits per heavy atom. The van der Waals surface area contributed by atoms with Gasteiger partial charge in [0.1, 0.15) is 5.82 Å². The minimum Gasteiger partial charge on any atom is -0.332 e. The molecule has 3 N–H and O–H groups in total. The number of sulfonamides is 1. The zero-order chi connectivity index (χ0) is 13.0. The molecule has 0 saturated carbocycles. The molecule has 2 heterocycles. The predicted molar refractivity (Wildman–Crippen MR) is 68.8 cm³/mol. The first-order valence-electron chi connectivity index (χ1n) is 6.39. The van der Waals surface area contributed by atoms with Gasteiger partial charge in [-0.3, -0.25) is 0 Å². The Morgan fingerprint density at radius 2 is 2.39 bits per heavy atom. The fraction of sp³-hybridized carbons (Fsp3) is 0.727. The van der Waals surface area contributed by atoms with Crippen molar-refractivity contribution >= 4 is 10.0 Å². The summed E-state index contributed by atoms with van der Waals surface area (Å²) >= 11 is 0. The molecule has 2 rings (SSSR count). The lowest BCUT2D eigenvalue weighted by Gasteiger charge is -2.10. The molecule has 0 spiro atoms. The summed E-state index contributed by atoms with van der Waals surface area (Å²) in [6, 6.07) is 0.445. The average Bonchev–Trinajstić information content (AvgIpc) is 2.99. The van der Waals surface area contributed by atoms with Gasteiger partial charge in [0.05, 0.1) is 6.20 Å². The number of nitrogens with one attached hydrogen (secondary N) is 3. The van der Waals surface area contributed by atoms with Crippen molar-refractivity contribution in [1.82, 2.24) is 20.0 Å². The van der Waals surface area contributed by atoms with Gasteiger partial charge in [-0.2, -0.15) is 0 Å². The van der Waals surface area contributed by atoms with Crippen LogP contribution in [0.25, 0.3) is 0 Å². The fourth-order valence-electron chi connectivity index (χ4n) is 2.11. The maximum absolute atomic E-state index is 11.9. The van der Waals surface area contributed by atoms with Crippen LogP contribution in [-0.4, -0.2) is 37.5 Å². The number of aromatic amines is 1. The van der Waals surface area contributed by atoms with Crippen molar-refractivity contribution in [3.05, 3.63) is 12.0 Å². The zero-order valence-electron chi connectivity index (χ0n) is 10.6. The van der Waals surface area contributed by atoms with Gasteiger partial charge in [-0.05, 0) is 25.8 Å². The van der Waals surface area contributed by atoms with E-state index in [9.17, 15) is 8.42 Å². The lowest BCUT2D eigenvalue weighted by atomic mass is 10.2.